The van der Waals surface area contributed by atoms with Crippen LogP contribution in [-0.4, -0.2) is 51.5 Å². The number of thioether (sulfide) groups is 2. The molecule has 1 aromatic carbocycles. The van der Waals surface area contributed by atoms with Gasteiger partial charge in [0.15, 0.2) is 6.61 Å². The van der Waals surface area contributed by atoms with Crippen molar-refractivity contribution in [2.24, 2.45) is 5.41 Å². The number of halogens is 3. The van der Waals surface area contributed by atoms with Crippen LogP contribution in [0.1, 0.15) is 45.4 Å². The van der Waals surface area contributed by atoms with Gasteiger partial charge in [0.2, 0.25) is 5.91 Å². The van der Waals surface area contributed by atoms with Crippen LogP contribution in [0, 0.1) is 5.41 Å². The van der Waals surface area contributed by atoms with Crippen molar-refractivity contribution in [3.8, 4) is 5.75 Å². The van der Waals surface area contributed by atoms with Gasteiger partial charge in [-0.1, -0.05) is 0 Å². The zero-order chi connectivity index (χ0) is 22.3. The van der Waals surface area contributed by atoms with Gasteiger partial charge in [0.1, 0.15) is 5.75 Å². The van der Waals surface area contributed by atoms with Crippen LogP contribution in [0.2, 0.25) is 0 Å². The highest BCUT2D eigenvalue weighted by Crippen LogP contribution is 2.58. The molecule has 2 saturated heterocycles. The highest BCUT2D eigenvalue weighted by Gasteiger charge is 2.57. The normalized spacial score (nSPS) is 31.3. The molecule has 31 heavy (non-hydrogen) atoms. The molecule has 1 amide bonds. The molecule has 0 aromatic heterocycles. The average molecular weight is 476 g/mol. The van der Waals surface area contributed by atoms with Gasteiger partial charge in [0, 0.05) is 12.2 Å². The third-order valence-electron chi connectivity index (χ3n) is 6.99. The predicted molar refractivity (Wildman–Crippen MR) is 119 cm³/mol. The minimum Gasteiger partial charge on any atom is -0.484 e. The van der Waals surface area contributed by atoms with Crippen LogP contribution in [0.5, 0.6) is 5.75 Å². The molecular formula is C22H28F3NO3S2. The fourth-order valence-electron chi connectivity index (χ4n) is 4.92. The lowest BCUT2D eigenvalue weighted by Crippen LogP contribution is -2.54. The standard InChI is InChI=1S/C22H28F3NO3S2/c1-19(30-13-2-14-31-19)21(28)9-7-20(8-10-21)11-12-26(18(20)27)16-3-5-17(6-4-16)29-15-22(23,24)25/h3-6,28H,2,7-15H2,1H3. The Kier molecular flexibility index (Phi) is 6.24. The molecule has 3 fully saturated rings. The maximum absolute atomic E-state index is 13.3. The summed E-state index contributed by atoms with van der Waals surface area (Å²) in [7, 11) is 0. The second-order valence-electron chi connectivity index (χ2n) is 8.91. The topological polar surface area (TPSA) is 49.8 Å². The van der Waals surface area contributed by atoms with Crippen molar-refractivity contribution in [1.82, 2.24) is 0 Å². The number of hydrogen-bond acceptors (Lipinski definition) is 5. The highest BCUT2D eigenvalue weighted by molar-refractivity contribution is 8.18. The molecular weight excluding hydrogens is 447 g/mol. The SMILES string of the molecule is CC1(C2(O)CCC3(CCN(c4ccc(OCC(F)(F)F)cc4)C3=O)CC2)SCCCS1. The van der Waals surface area contributed by atoms with Gasteiger partial charge in [0.25, 0.3) is 0 Å². The molecule has 0 unspecified atom stereocenters. The van der Waals surface area contributed by atoms with E-state index in [0.29, 0.717) is 37.9 Å². The van der Waals surface area contributed by atoms with Gasteiger partial charge in [0.05, 0.1) is 15.1 Å². The Morgan fingerprint density at radius 1 is 1.06 bits per heavy atom. The minimum absolute atomic E-state index is 0.0626. The second-order valence-corrected chi connectivity index (χ2v) is 12.2. The quantitative estimate of drug-likeness (QED) is 0.645. The Morgan fingerprint density at radius 3 is 2.26 bits per heavy atom. The van der Waals surface area contributed by atoms with Gasteiger partial charge in [-0.25, -0.2) is 0 Å². The molecule has 2 aliphatic heterocycles. The summed E-state index contributed by atoms with van der Waals surface area (Å²) in [6, 6.07) is 6.21. The number of carbonyl (C=O) groups is 1. The first-order valence-electron chi connectivity index (χ1n) is 10.7. The van der Waals surface area contributed by atoms with E-state index in [1.165, 1.54) is 18.6 Å². The van der Waals surface area contributed by atoms with E-state index in [-0.39, 0.29) is 15.7 Å². The lowest BCUT2D eigenvalue weighted by Gasteiger charge is -2.51. The molecule has 4 rings (SSSR count). The molecule has 172 valence electrons. The van der Waals surface area contributed by atoms with Gasteiger partial charge >= 0.3 is 6.18 Å². The molecule has 0 radical (unpaired) electrons. The van der Waals surface area contributed by atoms with E-state index in [2.05, 4.69) is 6.92 Å². The molecule has 1 saturated carbocycles. The molecule has 2 heterocycles. The van der Waals surface area contributed by atoms with Crippen molar-refractivity contribution in [2.45, 2.75) is 61.3 Å². The van der Waals surface area contributed by atoms with Crippen LogP contribution in [0.4, 0.5) is 18.9 Å². The second kappa shape index (κ2) is 8.37. The fourth-order valence-corrected chi connectivity index (χ4v) is 8.24. The number of ether oxygens (including phenoxy) is 1. The third-order valence-corrected chi connectivity index (χ3v) is 10.5. The van der Waals surface area contributed by atoms with Gasteiger partial charge < -0.3 is 14.7 Å². The first kappa shape index (κ1) is 23.1. The molecule has 1 aliphatic carbocycles. The van der Waals surface area contributed by atoms with Crippen molar-refractivity contribution >= 4 is 35.1 Å². The zero-order valence-electron chi connectivity index (χ0n) is 17.5. The van der Waals surface area contributed by atoms with Crippen LogP contribution in [0.3, 0.4) is 0 Å². The van der Waals surface area contributed by atoms with Crippen molar-refractivity contribution in [2.75, 3.05) is 29.6 Å². The number of aliphatic hydroxyl groups is 1. The Balaban J connectivity index is 1.40. The van der Waals surface area contributed by atoms with Crippen LogP contribution >= 0.6 is 23.5 Å². The van der Waals surface area contributed by atoms with Gasteiger partial charge in [-0.05, 0) is 81.2 Å². The summed E-state index contributed by atoms with van der Waals surface area (Å²) >= 11 is 3.68. The Hall–Kier alpha value is -1.06. The largest absolute Gasteiger partial charge is 0.484 e. The van der Waals surface area contributed by atoms with E-state index >= 15 is 0 Å². The number of nitrogens with zero attached hydrogens (tertiary/aromatic N) is 1. The van der Waals surface area contributed by atoms with E-state index in [4.69, 9.17) is 4.74 Å². The summed E-state index contributed by atoms with van der Waals surface area (Å²) < 4.78 is 41.5. The molecule has 1 aromatic rings. The summed E-state index contributed by atoms with van der Waals surface area (Å²) in [6.45, 7) is 1.39. The maximum Gasteiger partial charge on any atom is 0.422 e. The summed E-state index contributed by atoms with van der Waals surface area (Å²) in [5.74, 6) is 2.31. The number of anilines is 1. The molecule has 0 atom stereocenters. The number of hydrogen-bond donors (Lipinski definition) is 1. The number of amides is 1. The number of carbonyl (C=O) groups excluding carboxylic acids is 1. The summed E-state index contributed by atoms with van der Waals surface area (Å²) in [5.41, 5.74) is -0.538. The third kappa shape index (κ3) is 4.55. The molecule has 0 bridgehead atoms. The lowest BCUT2D eigenvalue weighted by molar-refractivity contribution is -0.153. The van der Waals surface area contributed by atoms with Crippen LogP contribution in [0.25, 0.3) is 0 Å². The molecule has 1 N–H and O–H groups in total. The van der Waals surface area contributed by atoms with Crippen LogP contribution in [0.15, 0.2) is 24.3 Å². The average Bonchev–Trinajstić information content (AvgIpc) is 3.05. The predicted octanol–water partition coefficient (Wildman–Crippen LogP) is 5.24. The summed E-state index contributed by atoms with van der Waals surface area (Å²) in [6.07, 6.45) is 0.0967. The van der Waals surface area contributed by atoms with Crippen LogP contribution in [-0.2, 0) is 4.79 Å². The van der Waals surface area contributed by atoms with E-state index < -0.39 is 23.8 Å². The highest BCUT2D eigenvalue weighted by atomic mass is 32.2. The van der Waals surface area contributed by atoms with Crippen molar-refractivity contribution in [3.05, 3.63) is 24.3 Å². The molecule has 4 nitrogen and oxygen atoms in total. The van der Waals surface area contributed by atoms with Crippen molar-refractivity contribution in [1.29, 1.82) is 0 Å². The monoisotopic (exact) mass is 475 g/mol. The zero-order valence-corrected chi connectivity index (χ0v) is 19.2. The maximum atomic E-state index is 13.3. The minimum atomic E-state index is -4.38. The first-order valence-corrected chi connectivity index (χ1v) is 12.7. The Morgan fingerprint density at radius 2 is 1.68 bits per heavy atom. The Labute approximate surface area is 189 Å². The van der Waals surface area contributed by atoms with Gasteiger partial charge in [-0.3, -0.25) is 4.79 Å². The molecule has 3 aliphatic rings. The summed E-state index contributed by atoms with van der Waals surface area (Å²) in [5, 5.41) is 11.4. The van der Waals surface area contributed by atoms with Crippen molar-refractivity contribution in [3.63, 3.8) is 0 Å². The lowest BCUT2D eigenvalue weighted by atomic mass is 9.67. The fraction of sp³-hybridized carbons (Fsp3) is 0.682. The first-order chi connectivity index (χ1) is 14.6. The number of benzene rings is 1. The summed E-state index contributed by atoms with van der Waals surface area (Å²) in [4.78, 5) is 15.1. The van der Waals surface area contributed by atoms with Gasteiger partial charge in [-0.2, -0.15) is 13.2 Å². The van der Waals surface area contributed by atoms with Crippen LogP contribution < -0.4 is 9.64 Å². The molecule has 9 heteroatoms. The van der Waals surface area contributed by atoms with Crippen molar-refractivity contribution < 1.29 is 27.8 Å². The molecule has 1 spiro atoms. The van der Waals surface area contributed by atoms with E-state index in [1.54, 1.807) is 17.0 Å². The Bertz CT molecular complexity index is 801. The number of rotatable bonds is 4. The van der Waals surface area contributed by atoms with E-state index in [1.807, 2.05) is 23.5 Å². The smallest absolute Gasteiger partial charge is 0.422 e. The van der Waals surface area contributed by atoms with E-state index in [9.17, 15) is 23.1 Å². The van der Waals surface area contributed by atoms with Gasteiger partial charge in [-0.15, -0.1) is 23.5 Å². The number of alkyl halides is 3. The van der Waals surface area contributed by atoms with E-state index in [0.717, 1.165) is 17.9 Å².